The van der Waals surface area contributed by atoms with E-state index in [4.69, 9.17) is 9.15 Å². The highest BCUT2D eigenvalue weighted by Gasteiger charge is 2.17. The lowest BCUT2D eigenvalue weighted by Gasteiger charge is -2.18. The van der Waals surface area contributed by atoms with Gasteiger partial charge in [-0.05, 0) is 47.5 Å². The number of amides is 1. The van der Waals surface area contributed by atoms with Crippen LogP contribution >= 0.6 is 0 Å². The van der Waals surface area contributed by atoms with Crippen molar-refractivity contribution in [2.24, 2.45) is 0 Å². The van der Waals surface area contributed by atoms with Crippen LogP contribution in [0.5, 0.6) is 11.5 Å². The number of hydrogen-bond acceptors (Lipinski definition) is 8. The number of rotatable bonds is 7. The van der Waals surface area contributed by atoms with Crippen molar-refractivity contribution in [1.29, 1.82) is 0 Å². The van der Waals surface area contributed by atoms with E-state index in [-0.39, 0.29) is 18.3 Å². The number of nitrogens with one attached hydrogen (secondary N) is 2. The molecule has 5 rings (SSSR count). The van der Waals surface area contributed by atoms with Crippen molar-refractivity contribution in [2.75, 3.05) is 17.2 Å². The third-order valence-corrected chi connectivity index (χ3v) is 5.07. The summed E-state index contributed by atoms with van der Waals surface area (Å²) in [6.07, 6.45) is 2.57. The third kappa shape index (κ3) is 5.09. The Bertz CT molecular complexity index is 1270. The number of hydrogen-bond donors (Lipinski definition) is 3. The van der Waals surface area contributed by atoms with Gasteiger partial charge in [-0.25, -0.2) is 4.98 Å². The van der Waals surface area contributed by atoms with Gasteiger partial charge in [0.15, 0.2) is 6.61 Å². The highest BCUT2D eigenvalue weighted by Crippen LogP contribution is 2.29. The molecule has 2 aromatic carbocycles. The van der Waals surface area contributed by atoms with E-state index in [1.165, 1.54) is 0 Å². The number of phenolic OH excluding ortho intramolecular Hbond substituents is 1. The molecule has 33 heavy (non-hydrogen) atoms. The van der Waals surface area contributed by atoms with Gasteiger partial charge in [-0.1, -0.05) is 18.2 Å². The zero-order valence-corrected chi connectivity index (χ0v) is 17.6. The van der Waals surface area contributed by atoms with Gasteiger partial charge in [0.2, 0.25) is 5.95 Å². The van der Waals surface area contributed by atoms with Gasteiger partial charge >= 0.3 is 0 Å². The Hall–Kier alpha value is -4.40. The van der Waals surface area contributed by atoms with Crippen LogP contribution in [0.2, 0.25) is 0 Å². The fraction of sp³-hybridized carbons (Fsp3) is 0.167. The van der Waals surface area contributed by atoms with E-state index >= 15 is 0 Å². The zero-order chi connectivity index (χ0) is 22.6. The molecule has 9 heteroatoms. The number of aromatic hydroxyl groups is 1. The summed E-state index contributed by atoms with van der Waals surface area (Å²) in [5.41, 5.74) is 2.57. The number of nitrogens with zero attached hydrogens (tertiary/aromatic N) is 3. The summed E-state index contributed by atoms with van der Waals surface area (Å²) in [5.74, 6) is 3.09. The topological polar surface area (TPSA) is 122 Å². The summed E-state index contributed by atoms with van der Waals surface area (Å²) in [4.78, 5) is 25.3. The fourth-order valence-electron chi connectivity index (χ4n) is 3.49. The lowest BCUT2D eigenvalue weighted by Crippen LogP contribution is -2.25. The van der Waals surface area contributed by atoms with Crippen molar-refractivity contribution in [3.8, 4) is 11.5 Å². The lowest BCUT2D eigenvalue weighted by molar-refractivity contribution is -0.118. The molecule has 0 fully saturated rings. The van der Waals surface area contributed by atoms with Gasteiger partial charge in [0.05, 0.1) is 18.5 Å². The SMILES string of the molecule is O=C1COc2cc(Cc3nc(Cc4ccc(O)cc4)nc(NCc4ccco4)n3)ccc2N1. The van der Waals surface area contributed by atoms with E-state index in [0.29, 0.717) is 48.4 Å². The van der Waals surface area contributed by atoms with Crippen LogP contribution in [-0.2, 0) is 24.2 Å². The molecular formula is C24H21N5O4. The van der Waals surface area contributed by atoms with Crippen LogP contribution in [0.4, 0.5) is 11.6 Å². The number of aromatic nitrogens is 3. The predicted molar refractivity (Wildman–Crippen MR) is 120 cm³/mol. The second-order valence-electron chi connectivity index (χ2n) is 7.61. The normalized spacial score (nSPS) is 12.5. The average Bonchev–Trinajstić information content (AvgIpc) is 3.33. The molecule has 1 aliphatic heterocycles. The van der Waals surface area contributed by atoms with Crippen molar-refractivity contribution in [3.63, 3.8) is 0 Å². The van der Waals surface area contributed by atoms with Crippen LogP contribution in [0.25, 0.3) is 0 Å². The Morgan fingerprint density at radius 2 is 1.73 bits per heavy atom. The van der Waals surface area contributed by atoms with Crippen molar-refractivity contribution in [1.82, 2.24) is 15.0 Å². The summed E-state index contributed by atoms with van der Waals surface area (Å²) < 4.78 is 10.9. The number of furan rings is 1. The Labute approximate surface area is 189 Å². The maximum absolute atomic E-state index is 11.5. The molecule has 0 radical (unpaired) electrons. The first-order valence-corrected chi connectivity index (χ1v) is 10.4. The molecule has 0 atom stereocenters. The molecule has 0 saturated carbocycles. The second-order valence-corrected chi connectivity index (χ2v) is 7.61. The minimum atomic E-state index is -0.168. The minimum Gasteiger partial charge on any atom is -0.508 e. The lowest BCUT2D eigenvalue weighted by atomic mass is 10.1. The third-order valence-electron chi connectivity index (χ3n) is 5.07. The Kier molecular flexibility index (Phi) is 5.59. The van der Waals surface area contributed by atoms with E-state index in [9.17, 15) is 9.90 Å². The standard InChI is InChI=1S/C24H21N5O4/c30-17-6-3-15(4-7-17)11-21-27-22(29-24(28-21)25-13-18-2-1-9-32-18)12-16-5-8-19-20(10-16)33-14-23(31)26-19/h1-10,30H,11-14H2,(H,26,31)(H,25,27,28,29). The molecule has 1 aliphatic rings. The molecule has 2 aromatic heterocycles. The fourth-order valence-corrected chi connectivity index (χ4v) is 3.49. The van der Waals surface area contributed by atoms with E-state index in [2.05, 4.69) is 25.6 Å². The summed E-state index contributed by atoms with van der Waals surface area (Å²) in [7, 11) is 0. The second kappa shape index (κ2) is 8.99. The predicted octanol–water partition coefficient (Wildman–Crippen LogP) is 3.29. The highest BCUT2D eigenvalue weighted by molar-refractivity contribution is 5.95. The molecule has 0 aliphatic carbocycles. The summed E-state index contributed by atoms with van der Waals surface area (Å²) in [6, 6.07) is 16.3. The zero-order valence-electron chi connectivity index (χ0n) is 17.6. The van der Waals surface area contributed by atoms with Crippen LogP contribution in [0.3, 0.4) is 0 Å². The largest absolute Gasteiger partial charge is 0.508 e. The minimum absolute atomic E-state index is 0.000163. The molecule has 166 valence electrons. The van der Waals surface area contributed by atoms with Crippen LogP contribution < -0.4 is 15.4 Å². The number of carbonyl (C=O) groups is 1. The van der Waals surface area contributed by atoms with Gasteiger partial charge in [-0.3, -0.25) is 4.79 Å². The monoisotopic (exact) mass is 443 g/mol. The number of phenols is 1. The van der Waals surface area contributed by atoms with Crippen molar-refractivity contribution < 1.29 is 19.1 Å². The summed E-state index contributed by atoms with van der Waals surface area (Å²) in [6.45, 7) is 0.446. The van der Waals surface area contributed by atoms with Gasteiger partial charge in [0, 0.05) is 12.8 Å². The Morgan fingerprint density at radius 1 is 0.970 bits per heavy atom. The molecule has 3 N–H and O–H groups in total. The molecule has 9 nitrogen and oxygen atoms in total. The first-order valence-electron chi connectivity index (χ1n) is 10.4. The van der Waals surface area contributed by atoms with Gasteiger partial charge in [-0.15, -0.1) is 0 Å². The number of benzene rings is 2. The maximum atomic E-state index is 11.5. The molecule has 0 saturated heterocycles. The first kappa shape index (κ1) is 20.5. The van der Waals surface area contributed by atoms with E-state index in [1.54, 1.807) is 18.4 Å². The molecule has 3 heterocycles. The molecule has 4 aromatic rings. The highest BCUT2D eigenvalue weighted by atomic mass is 16.5. The van der Waals surface area contributed by atoms with Crippen molar-refractivity contribution >= 4 is 17.5 Å². The quantitative estimate of drug-likeness (QED) is 0.398. The van der Waals surface area contributed by atoms with Crippen LogP contribution in [-0.4, -0.2) is 32.6 Å². The Balaban J connectivity index is 1.40. The molecular weight excluding hydrogens is 422 g/mol. The summed E-state index contributed by atoms with van der Waals surface area (Å²) >= 11 is 0. The molecule has 1 amide bonds. The van der Waals surface area contributed by atoms with Gasteiger partial charge in [0.1, 0.15) is 28.9 Å². The van der Waals surface area contributed by atoms with Crippen molar-refractivity contribution in [3.05, 3.63) is 89.4 Å². The number of anilines is 2. The Morgan fingerprint density at radius 3 is 2.48 bits per heavy atom. The van der Waals surface area contributed by atoms with Crippen molar-refractivity contribution in [2.45, 2.75) is 19.4 Å². The molecule has 0 bridgehead atoms. The van der Waals surface area contributed by atoms with Gasteiger partial charge in [-0.2, -0.15) is 9.97 Å². The smallest absolute Gasteiger partial charge is 0.262 e. The van der Waals surface area contributed by atoms with E-state index in [0.717, 1.165) is 16.9 Å². The maximum Gasteiger partial charge on any atom is 0.262 e. The molecule has 0 unspecified atom stereocenters. The van der Waals surface area contributed by atoms with Gasteiger partial charge < -0.3 is 24.9 Å². The number of carbonyl (C=O) groups excluding carboxylic acids is 1. The van der Waals surface area contributed by atoms with E-state index < -0.39 is 0 Å². The molecule has 0 spiro atoms. The summed E-state index contributed by atoms with van der Waals surface area (Å²) in [5, 5.41) is 15.5. The van der Waals surface area contributed by atoms with Gasteiger partial charge in [0.25, 0.3) is 5.91 Å². The van der Waals surface area contributed by atoms with E-state index in [1.807, 2.05) is 42.5 Å². The first-order chi connectivity index (χ1) is 16.1. The van der Waals surface area contributed by atoms with Crippen LogP contribution in [0.15, 0.2) is 65.3 Å². The van der Waals surface area contributed by atoms with Crippen LogP contribution in [0, 0.1) is 0 Å². The average molecular weight is 443 g/mol. The number of fused-ring (bicyclic) bond motifs is 1. The number of ether oxygens (including phenoxy) is 1. The van der Waals surface area contributed by atoms with Crippen LogP contribution in [0.1, 0.15) is 28.5 Å².